The van der Waals surface area contributed by atoms with Crippen molar-refractivity contribution in [3.8, 4) is 0 Å². The van der Waals surface area contributed by atoms with Gasteiger partial charge in [0.15, 0.2) is 0 Å². The summed E-state index contributed by atoms with van der Waals surface area (Å²) in [6.45, 7) is 6.46. The first-order valence-electron chi connectivity index (χ1n) is 4.19. The Balaban J connectivity index is 4.02. The lowest BCUT2D eigenvalue weighted by Crippen LogP contribution is -2.38. The number of halogens is 1. The lowest BCUT2D eigenvalue weighted by Gasteiger charge is -2.27. The summed E-state index contributed by atoms with van der Waals surface area (Å²) in [6.07, 6.45) is 0. The van der Waals surface area contributed by atoms with Gasteiger partial charge in [-0.2, -0.15) is 0 Å². The van der Waals surface area contributed by atoms with Crippen molar-refractivity contribution in [2.45, 2.75) is 31.3 Å². The molecule has 74 valence electrons. The third-order valence-electron chi connectivity index (χ3n) is 2.34. The first-order valence-corrected chi connectivity index (χ1v) is 7.63. The van der Waals surface area contributed by atoms with Crippen molar-refractivity contribution in [3.63, 3.8) is 0 Å². The lowest BCUT2D eigenvalue weighted by molar-refractivity contribution is 0.243. The van der Waals surface area contributed by atoms with E-state index < -0.39 is 8.56 Å². The highest BCUT2D eigenvalue weighted by molar-refractivity contribution is 9.09. The average molecular weight is 255 g/mol. The van der Waals surface area contributed by atoms with Crippen molar-refractivity contribution in [2.24, 2.45) is 5.92 Å². The van der Waals surface area contributed by atoms with E-state index in [9.17, 15) is 0 Å². The molecule has 0 aromatic rings. The van der Waals surface area contributed by atoms with Crippen LogP contribution in [0.5, 0.6) is 0 Å². The van der Waals surface area contributed by atoms with Gasteiger partial charge in [0.1, 0.15) is 0 Å². The van der Waals surface area contributed by atoms with Gasteiger partial charge < -0.3 is 8.85 Å². The minimum absolute atomic E-state index is 0.523. The van der Waals surface area contributed by atoms with Gasteiger partial charge in [-0.3, -0.25) is 0 Å². The molecule has 0 heterocycles. The standard InChI is InChI=1S/C8H19BrO2Si/c1-7(8(2)9)6-12(5,10-3)11-4/h7-8H,6H2,1-5H3. The molecule has 2 nitrogen and oxygen atoms in total. The molecule has 0 aromatic heterocycles. The van der Waals surface area contributed by atoms with Crippen LogP contribution < -0.4 is 0 Å². The molecule has 0 rings (SSSR count). The molecule has 0 aliphatic heterocycles. The zero-order valence-electron chi connectivity index (χ0n) is 8.56. The van der Waals surface area contributed by atoms with Crippen LogP contribution in [0, 0.1) is 5.92 Å². The maximum atomic E-state index is 5.40. The van der Waals surface area contributed by atoms with Crippen LogP contribution in [-0.4, -0.2) is 27.6 Å². The molecule has 0 N–H and O–H groups in total. The summed E-state index contributed by atoms with van der Waals surface area (Å²) >= 11 is 3.56. The van der Waals surface area contributed by atoms with E-state index in [1.807, 2.05) is 0 Å². The van der Waals surface area contributed by atoms with Gasteiger partial charge in [-0.25, -0.2) is 0 Å². The van der Waals surface area contributed by atoms with Gasteiger partial charge in [-0.15, -0.1) is 0 Å². The van der Waals surface area contributed by atoms with E-state index in [1.54, 1.807) is 14.2 Å². The van der Waals surface area contributed by atoms with Gasteiger partial charge in [0.25, 0.3) is 0 Å². The van der Waals surface area contributed by atoms with Gasteiger partial charge in [-0.05, 0) is 18.5 Å². The van der Waals surface area contributed by atoms with Crippen molar-refractivity contribution in [1.82, 2.24) is 0 Å². The summed E-state index contributed by atoms with van der Waals surface area (Å²) in [5.74, 6) is 0.599. The highest BCUT2D eigenvalue weighted by Crippen LogP contribution is 2.24. The van der Waals surface area contributed by atoms with Crippen molar-refractivity contribution >= 4 is 24.5 Å². The van der Waals surface area contributed by atoms with E-state index in [0.717, 1.165) is 6.04 Å². The molecule has 12 heavy (non-hydrogen) atoms. The van der Waals surface area contributed by atoms with Gasteiger partial charge in [0.05, 0.1) is 0 Å². The number of hydrogen-bond donors (Lipinski definition) is 0. The molecule has 0 saturated carbocycles. The Labute approximate surface area is 85.0 Å². The van der Waals surface area contributed by atoms with Crippen molar-refractivity contribution in [3.05, 3.63) is 0 Å². The van der Waals surface area contributed by atoms with Crippen LogP contribution in [0.2, 0.25) is 12.6 Å². The molecule has 0 saturated heterocycles. The van der Waals surface area contributed by atoms with E-state index in [-0.39, 0.29) is 0 Å². The summed E-state index contributed by atoms with van der Waals surface area (Å²) in [5.41, 5.74) is 0. The van der Waals surface area contributed by atoms with Crippen LogP contribution in [-0.2, 0) is 8.85 Å². The van der Waals surface area contributed by atoms with E-state index in [0.29, 0.717) is 10.7 Å². The first-order chi connectivity index (χ1) is 5.45. The molecule has 0 fully saturated rings. The molecule has 0 aliphatic carbocycles. The minimum Gasteiger partial charge on any atom is -0.398 e. The van der Waals surface area contributed by atoms with Crippen molar-refractivity contribution < 1.29 is 8.85 Å². The fraction of sp³-hybridized carbons (Fsp3) is 1.00. The number of alkyl halides is 1. The van der Waals surface area contributed by atoms with E-state index in [2.05, 4.69) is 36.3 Å². The van der Waals surface area contributed by atoms with Crippen LogP contribution in [0.3, 0.4) is 0 Å². The molecule has 0 spiro atoms. The maximum Gasteiger partial charge on any atom is 0.334 e. The van der Waals surface area contributed by atoms with Crippen molar-refractivity contribution in [1.29, 1.82) is 0 Å². The Kier molecular flexibility index (Phi) is 5.65. The molecule has 0 aromatic carbocycles. The van der Waals surface area contributed by atoms with E-state index in [4.69, 9.17) is 8.85 Å². The fourth-order valence-electron chi connectivity index (χ4n) is 0.997. The molecule has 2 unspecified atom stereocenters. The largest absolute Gasteiger partial charge is 0.398 e. The fourth-order valence-corrected chi connectivity index (χ4v) is 3.55. The van der Waals surface area contributed by atoms with Gasteiger partial charge >= 0.3 is 8.56 Å². The van der Waals surface area contributed by atoms with Gasteiger partial charge in [-0.1, -0.05) is 29.8 Å². The topological polar surface area (TPSA) is 18.5 Å². The number of hydrogen-bond acceptors (Lipinski definition) is 2. The van der Waals surface area contributed by atoms with E-state index in [1.165, 1.54) is 0 Å². The van der Waals surface area contributed by atoms with Crippen LogP contribution in [0.4, 0.5) is 0 Å². The van der Waals surface area contributed by atoms with Crippen LogP contribution in [0.15, 0.2) is 0 Å². The number of rotatable bonds is 5. The monoisotopic (exact) mass is 254 g/mol. The second kappa shape index (κ2) is 5.37. The molecular formula is C8H19BrO2Si. The Morgan fingerprint density at radius 2 is 1.67 bits per heavy atom. The SMILES string of the molecule is CO[Si](C)(CC(C)C(C)Br)OC. The molecular weight excluding hydrogens is 236 g/mol. The Morgan fingerprint density at radius 3 is 1.92 bits per heavy atom. The van der Waals surface area contributed by atoms with Crippen LogP contribution in [0.1, 0.15) is 13.8 Å². The van der Waals surface area contributed by atoms with Gasteiger partial charge in [0.2, 0.25) is 0 Å². The summed E-state index contributed by atoms with van der Waals surface area (Å²) < 4.78 is 10.8. The van der Waals surface area contributed by atoms with Crippen LogP contribution >= 0.6 is 15.9 Å². The molecule has 0 aliphatic rings. The second-order valence-corrected chi connectivity index (χ2v) is 8.34. The Morgan fingerprint density at radius 1 is 1.25 bits per heavy atom. The highest BCUT2D eigenvalue weighted by atomic mass is 79.9. The zero-order valence-corrected chi connectivity index (χ0v) is 11.1. The molecule has 0 bridgehead atoms. The van der Waals surface area contributed by atoms with E-state index >= 15 is 0 Å². The Hall–Kier alpha value is 0.617. The average Bonchev–Trinajstić information content (AvgIpc) is 2.04. The quantitative estimate of drug-likeness (QED) is 0.555. The normalized spacial score (nSPS) is 17.5. The predicted octanol–water partition coefficient (Wildman–Crippen LogP) is 2.77. The third-order valence-corrected chi connectivity index (χ3v) is 6.36. The summed E-state index contributed by atoms with van der Waals surface area (Å²) in [4.78, 5) is 0.523. The Bertz CT molecular complexity index is 126. The van der Waals surface area contributed by atoms with Gasteiger partial charge in [0, 0.05) is 19.0 Å². The smallest absolute Gasteiger partial charge is 0.334 e. The summed E-state index contributed by atoms with van der Waals surface area (Å²) in [5, 5.41) is 0. The van der Waals surface area contributed by atoms with Crippen molar-refractivity contribution in [2.75, 3.05) is 14.2 Å². The second-order valence-electron chi connectivity index (χ2n) is 3.40. The molecule has 2 atom stereocenters. The molecule has 4 heteroatoms. The maximum absolute atomic E-state index is 5.40. The first kappa shape index (κ1) is 12.6. The third kappa shape index (κ3) is 4.03. The summed E-state index contributed by atoms with van der Waals surface area (Å²) in [7, 11) is 1.62. The minimum atomic E-state index is -1.85. The van der Waals surface area contributed by atoms with Crippen LogP contribution in [0.25, 0.3) is 0 Å². The zero-order chi connectivity index (χ0) is 9.78. The molecule has 0 radical (unpaired) electrons. The molecule has 0 amide bonds. The lowest BCUT2D eigenvalue weighted by atomic mass is 10.2. The summed E-state index contributed by atoms with van der Waals surface area (Å²) in [6, 6.07) is 1.03. The highest BCUT2D eigenvalue weighted by Gasteiger charge is 2.32. The predicted molar refractivity (Wildman–Crippen MR) is 58.0 cm³/mol.